The Labute approximate surface area is 79.5 Å². The maximum Gasteiger partial charge on any atom is 0.222 e. The largest absolute Gasteiger partial charge is 0.355 e. The third-order valence-electron chi connectivity index (χ3n) is 1.77. The van der Waals surface area contributed by atoms with Gasteiger partial charge in [-0.1, -0.05) is 13.8 Å². The summed E-state index contributed by atoms with van der Waals surface area (Å²) in [6.07, 6.45) is 2.06. The number of amides is 1. The van der Waals surface area contributed by atoms with Crippen LogP contribution in [0.25, 0.3) is 0 Å². The van der Waals surface area contributed by atoms with Gasteiger partial charge in [0, 0.05) is 17.2 Å². The van der Waals surface area contributed by atoms with E-state index in [1.54, 1.807) is 11.8 Å². The molecule has 2 nitrogen and oxygen atoms in total. The molecule has 1 amide bonds. The summed E-state index contributed by atoms with van der Waals surface area (Å²) >= 11 is 1.77. The number of rotatable bonds is 4. The standard InChI is InChI=1S/C9H19NOS/c1-7(2)8(11)10-6-9(3,4)12-5/h7H,6H2,1-5H3,(H,10,11). The van der Waals surface area contributed by atoms with Crippen LogP contribution >= 0.6 is 11.8 Å². The second kappa shape index (κ2) is 4.75. The second-order valence-electron chi connectivity index (χ2n) is 3.84. The zero-order chi connectivity index (χ0) is 9.78. The van der Waals surface area contributed by atoms with E-state index in [1.807, 2.05) is 13.8 Å². The van der Waals surface area contributed by atoms with Crippen molar-refractivity contribution in [3.05, 3.63) is 0 Å². The normalized spacial score (nSPS) is 11.8. The first-order valence-corrected chi connectivity index (χ1v) is 5.44. The minimum atomic E-state index is 0.0858. The molecule has 12 heavy (non-hydrogen) atoms. The molecule has 0 unspecified atom stereocenters. The fraction of sp³-hybridized carbons (Fsp3) is 0.889. The van der Waals surface area contributed by atoms with Crippen molar-refractivity contribution < 1.29 is 4.79 Å². The van der Waals surface area contributed by atoms with E-state index in [0.29, 0.717) is 0 Å². The lowest BCUT2D eigenvalue weighted by Gasteiger charge is -2.22. The monoisotopic (exact) mass is 189 g/mol. The van der Waals surface area contributed by atoms with E-state index < -0.39 is 0 Å². The smallest absolute Gasteiger partial charge is 0.222 e. The molecule has 0 fully saturated rings. The predicted octanol–water partition coefficient (Wildman–Crippen LogP) is 1.90. The van der Waals surface area contributed by atoms with Gasteiger partial charge in [0.2, 0.25) is 5.91 Å². The highest BCUT2D eigenvalue weighted by atomic mass is 32.2. The SMILES string of the molecule is CSC(C)(C)CNC(=O)C(C)C. The van der Waals surface area contributed by atoms with Crippen molar-refractivity contribution >= 4 is 17.7 Å². The highest BCUT2D eigenvalue weighted by Crippen LogP contribution is 2.19. The highest BCUT2D eigenvalue weighted by molar-refractivity contribution is 7.99. The minimum absolute atomic E-state index is 0.0858. The number of carbonyl (C=O) groups excluding carboxylic acids is 1. The van der Waals surface area contributed by atoms with Crippen molar-refractivity contribution in [1.82, 2.24) is 5.32 Å². The van der Waals surface area contributed by atoms with Gasteiger partial charge >= 0.3 is 0 Å². The Morgan fingerprint density at radius 3 is 2.33 bits per heavy atom. The molecular formula is C9H19NOS. The van der Waals surface area contributed by atoms with Crippen LogP contribution < -0.4 is 5.32 Å². The van der Waals surface area contributed by atoms with Crippen LogP contribution in [0.5, 0.6) is 0 Å². The van der Waals surface area contributed by atoms with Gasteiger partial charge in [0.15, 0.2) is 0 Å². The molecule has 0 atom stereocenters. The zero-order valence-electron chi connectivity index (χ0n) is 8.60. The number of hydrogen-bond acceptors (Lipinski definition) is 2. The number of nitrogens with one attached hydrogen (secondary N) is 1. The maximum atomic E-state index is 11.2. The number of carbonyl (C=O) groups is 1. The van der Waals surface area contributed by atoms with E-state index in [0.717, 1.165) is 6.54 Å². The van der Waals surface area contributed by atoms with Crippen LogP contribution in [0.15, 0.2) is 0 Å². The Bertz CT molecular complexity index is 155. The van der Waals surface area contributed by atoms with Crippen molar-refractivity contribution in [2.45, 2.75) is 32.4 Å². The van der Waals surface area contributed by atoms with Gasteiger partial charge in [0.1, 0.15) is 0 Å². The van der Waals surface area contributed by atoms with Crippen LogP contribution in [0.4, 0.5) is 0 Å². The Morgan fingerprint density at radius 2 is 2.00 bits per heavy atom. The van der Waals surface area contributed by atoms with Crippen molar-refractivity contribution in [1.29, 1.82) is 0 Å². The molecule has 0 aromatic rings. The average Bonchev–Trinajstić information content (AvgIpc) is 2.00. The fourth-order valence-corrected chi connectivity index (χ4v) is 0.793. The molecule has 1 N–H and O–H groups in total. The van der Waals surface area contributed by atoms with Crippen LogP contribution in [0, 0.1) is 5.92 Å². The topological polar surface area (TPSA) is 29.1 Å². The predicted molar refractivity (Wildman–Crippen MR) is 55.4 cm³/mol. The van der Waals surface area contributed by atoms with Crippen molar-refractivity contribution in [2.75, 3.05) is 12.8 Å². The molecular weight excluding hydrogens is 170 g/mol. The van der Waals surface area contributed by atoms with Crippen molar-refractivity contribution in [2.24, 2.45) is 5.92 Å². The maximum absolute atomic E-state index is 11.2. The molecule has 0 aromatic heterocycles. The second-order valence-corrected chi connectivity index (χ2v) is 5.35. The first-order chi connectivity index (χ1) is 5.39. The molecule has 0 saturated carbocycles. The third-order valence-corrected chi connectivity index (χ3v) is 3.01. The summed E-state index contributed by atoms with van der Waals surface area (Å²) in [4.78, 5) is 11.2. The molecule has 0 spiro atoms. The van der Waals surface area contributed by atoms with Gasteiger partial charge in [-0.2, -0.15) is 11.8 Å². The molecule has 0 heterocycles. The van der Waals surface area contributed by atoms with E-state index in [2.05, 4.69) is 25.4 Å². The third kappa shape index (κ3) is 4.65. The van der Waals surface area contributed by atoms with E-state index in [-0.39, 0.29) is 16.6 Å². The molecule has 0 radical (unpaired) electrons. The Balaban J connectivity index is 3.76. The summed E-state index contributed by atoms with van der Waals surface area (Å²) in [6.45, 7) is 8.80. The van der Waals surface area contributed by atoms with Gasteiger partial charge in [-0.05, 0) is 20.1 Å². The van der Waals surface area contributed by atoms with E-state index in [9.17, 15) is 4.79 Å². The fourth-order valence-electron chi connectivity index (χ4n) is 0.576. The van der Waals surface area contributed by atoms with Crippen LogP contribution in [-0.4, -0.2) is 23.5 Å². The summed E-state index contributed by atoms with van der Waals surface area (Å²) in [5.41, 5.74) is 0. The van der Waals surface area contributed by atoms with E-state index in [4.69, 9.17) is 0 Å². The van der Waals surface area contributed by atoms with Crippen molar-refractivity contribution in [3.8, 4) is 0 Å². The Kier molecular flexibility index (Phi) is 4.68. The molecule has 0 aliphatic heterocycles. The minimum Gasteiger partial charge on any atom is -0.355 e. The average molecular weight is 189 g/mol. The zero-order valence-corrected chi connectivity index (χ0v) is 9.42. The summed E-state index contributed by atoms with van der Waals surface area (Å²) in [5.74, 6) is 0.222. The van der Waals surface area contributed by atoms with Crippen LogP contribution in [-0.2, 0) is 4.79 Å². The van der Waals surface area contributed by atoms with Gasteiger partial charge in [-0.3, -0.25) is 4.79 Å². The van der Waals surface area contributed by atoms with Gasteiger partial charge in [-0.25, -0.2) is 0 Å². The summed E-state index contributed by atoms with van der Waals surface area (Å²) in [7, 11) is 0. The van der Waals surface area contributed by atoms with Gasteiger partial charge in [-0.15, -0.1) is 0 Å². The number of hydrogen-bond donors (Lipinski definition) is 1. The van der Waals surface area contributed by atoms with E-state index >= 15 is 0 Å². The Hall–Kier alpha value is -0.180. The lowest BCUT2D eigenvalue weighted by atomic mass is 10.1. The lowest BCUT2D eigenvalue weighted by molar-refractivity contribution is -0.124. The molecule has 3 heteroatoms. The van der Waals surface area contributed by atoms with Gasteiger partial charge in [0.25, 0.3) is 0 Å². The van der Waals surface area contributed by atoms with Gasteiger partial charge < -0.3 is 5.32 Å². The summed E-state index contributed by atoms with van der Waals surface area (Å²) in [5, 5.41) is 2.91. The lowest BCUT2D eigenvalue weighted by Crippen LogP contribution is -2.38. The molecule has 0 bridgehead atoms. The molecule has 0 saturated heterocycles. The highest BCUT2D eigenvalue weighted by Gasteiger charge is 2.17. The first kappa shape index (κ1) is 11.8. The molecule has 0 aromatic carbocycles. The van der Waals surface area contributed by atoms with Crippen molar-refractivity contribution in [3.63, 3.8) is 0 Å². The molecule has 0 aliphatic carbocycles. The quantitative estimate of drug-likeness (QED) is 0.732. The van der Waals surface area contributed by atoms with E-state index in [1.165, 1.54) is 0 Å². The molecule has 0 aliphatic rings. The van der Waals surface area contributed by atoms with Gasteiger partial charge in [0.05, 0.1) is 0 Å². The molecule has 72 valence electrons. The first-order valence-electron chi connectivity index (χ1n) is 4.22. The summed E-state index contributed by atoms with van der Waals surface area (Å²) < 4.78 is 0.143. The molecule has 0 rings (SSSR count). The number of thioether (sulfide) groups is 1. The summed E-state index contributed by atoms with van der Waals surface area (Å²) in [6, 6.07) is 0. The Morgan fingerprint density at radius 1 is 1.50 bits per heavy atom. The van der Waals surface area contributed by atoms with Crippen LogP contribution in [0.3, 0.4) is 0 Å². The van der Waals surface area contributed by atoms with Crippen LogP contribution in [0.1, 0.15) is 27.7 Å². The van der Waals surface area contributed by atoms with Crippen LogP contribution in [0.2, 0.25) is 0 Å².